The topological polar surface area (TPSA) is 38.9 Å². The van der Waals surface area contributed by atoms with Crippen LogP contribution in [-0.4, -0.2) is 10.2 Å². The Hall–Kier alpha value is -2.07. The van der Waals surface area contributed by atoms with Crippen LogP contribution in [0.2, 0.25) is 0 Å². The van der Waals surface area contributed by atoms with Crippen LogP contribution in [0.4, 0.5) is 0 Å². The largest absolute Gasteiger partial charge is 0.421 e. The van der Waals surface area contributed by atoms with Gasteiger partial charge in [-0.05, 0) is 17.7 Å². The van der Waals surface area contributed by atoms with Gasteiger partial charge in [-0.25, -0.2) is 0 Å². The molecule has 1 aromatic heterocycles. The first-order valence-corrected chi connectivity index (χ1v) is 7.38. The second kappa shape index (κ2) is 5.92. The third kappa shape index (κ3) is 2.91. The molecule has 0 aliphatic heterocycles. The molecular weight excluding hydrogens is 268 g/mol. The van der Waals surface area contributed by atoms with Crippen molar-refractivity contribution in [3.63, 3.8) is 0 Å². The molecule has 0 saturated heterocycles. The van der Waals surface area contributed by atoms with Crippen LogP contribution in [-0.2, 0) is 5.75 Å². The van der Waals surface area contributed by atoms with Gasteiger partial charge >= 0.3 is 0 Å². The van der Waals surface area contributed by atoms with Gasteiger partial charge in [0, 0.05) is 17.6 Å². The zero-order valence-electron chi connectivity index (χ0n) is 11.1. The standard InChI is InChI=1S/C16H14N2OS/c1-12-17-18-16(19-12)14-9-5-6-10-15(14)20-11-13-7-3-2-4-8-13/h2-10H,11H2,1H3. The molecule has 0 spiro atoms. The average Bonchev–Trinajstić information content (AvgIpc) is 2.93. The molecule has 0 unspecified atom stereocenters. The van der Waals surface area contributed by atoms with E-state index in [-0.39, 0.29) is 0 Å². The number of benzene rings is 2. The lowest BCUT2D eigenvalue weighted by atomic mass is 10.2. The fourth-order valence-electron chi connectivity index (χ4n) is 1.91. The third-order valence-electron chi connectivity index (χ3n) is 2.88. The molecule has 0 atom stereocenters. The van der Waals surface area contributed by atoms with E-state index in [4.69, 9.17) is 4.42 Å². The van der Waals surface area contributed by atoms with E-state index in [1.807, 2.05) is 24.3 Å². The Labute approximate surface area is 122 Å². The normalized spacial score (nSPS) is 10.7. The molecule has 1 heterocycles. The number of aromatic nitrogens is 2. The monoisotopic (exact) mass is 282 g/mol. The molecule has 0 aliphatic carbocycles. The third-order valence-corrected chi connectivity index (χ3v) is 4.03. The van der Waals surface area contributed by atoms with E-state index in [0.29, 0.717) is 11.8 Å². The Morgan fingerprint density at radius 1 is 0.950 bits per heavy atom. The van der Waals surface area contributed by atoms with Crippen LogP contribution in [0.5, 0.6) is 0 Å². The Kier molecular flexibility index (Phi) is 3.83. The molecule has 20 heavy (non-hydrogen) atoms. The predicted molar refractivity (Wildman–Crippen MR) is 80.5 cm³/mol. The molecule has 0 radical (unpaired) electrons. The Bertz CT molecular complexity index is 694. The quantitative estimate of drug-likeness (QED) is 0.667. The number of hydrogen-bond donors (Lipinski definition) is 0. The summed E-state index contributed by atoms with van der Waals surface area (Å²) in [5.41, 5.74) is 2.29. The van der Waals surface area contributed by atoms with Gasteiger partial charge in [0.1, 0.15) is 0 Å². The van der Waals surface area contributed by atoms with Crippen molar-refractivity contribution < 1.29 is 4.42 Å². The summed E-state index contributed by atoms with van der Waals surface area (Å²) >= 11 is 1.78. The van der Waals surface area contributed by atoms with Crippen molar-refractivity contribution in [2.75, 3.05) is 0 Å². The second-order valence-electron chi connectivity index (χ2n) is 4.40. The highest BCUT2D eigenvalue weighted by molar-refractivity contribution is 7.98. The van der Waals surface area contributed by atoms with Crippen molar-refractivity contribution in [1.82, 2.24) is 10.2 Å². The summed E-state index contributed by atoms with van der Waals surface area (Å²) in [5, 5.41) is 8.00. The number of rotatable bonds is 4. The van der Waals surface area contributed by atoms with E-state index in [9.17, 15) is 0 Å². The van der Waals surface area contributed by atoms with Crippen LogP contribution in [0.15, 0.2) is 63.9 Å². The molecule has 3 aromatic rings. The van der Waals surface area contributed by atoms with Gasteiger partial charge in [0.15, 0.2) is 0 Å². The maximum atomic E-state index is 5.53. The lowest BCUT2D eigenvalue weighted by Gasteiger charge is -2.06. The van der Waals surface area contributed by atoms with Gasteiger partial charge in [0.25, 0.3) is 0 Å². The second-order valence-corrected chi connectivity index (χ2v) is 5.41. The highest BCUT2D eigenvalue weighted by Crippen LogP contribution is 2.32. The number of hydrogen-bond acceptors (Lipinski definition) is 4. The fourth-order valence-corrected chi connectivity index (χ4v) is 2.91. The smallest absolute Gasteiger partial charge is 0.248 e. The molecule has 0 N–H and O–H groups in total. The van der Waals surface area contributed by atoms with Gasteiger partial charge in [-0.2, -0.15) is 0 Å². The first-order chi connectivity index (χ1) is 9.83. The van der Waals surface area contributed by atoms with Gasteiger partial charge in [-0.3, -0.25) is 0 Å². The molecule has 4 heteroatoms. The molecule has 0 aliphatic rings. The van der Waals surface area contributed by atoms with Crippen LogP contribution in [0, 0.1) is 6.92 Å². The van der Waals surface area contributed by atoms with Crippen LogP contribution in [0.3, 0.4) is 0 Å². The van der Waals surface area contributed by atoms with E-state index < -0.39 is 0 Å². The lowest BCUT2D eigenvalue weighted by molar-refractivity contribution is 0.531. The summed E-state index contributed by atoms with van der Waals surface area (Å²) in [6.45, 7) is 1.80. The van der Waals surface area contributed by atoms with Gasteiger partial charge in [-0.1, -0.05) is 42.5 Å². The maximum Gasteiger partial charge on any atom is 0.248 e. The van der Waals surface area contributed by atoms with Gasteiger partial charge in [-0.15, -0.1) is 22.0 Å². The first-order valence-electron chi connectivity index (χ1n) is 6.39. The zero-order chi connectivity index (χ0) is 13.8. The lowest BCUT2D eigenvalue weighted by Crippen LogP contribution is -1.84. The van der Waals surface area contributed by atoms with Crippen molar-refractivity contribution in [2.45, 2.75) is 17.6 Å². The number of nitrogens with zero attached hydrogens (tertiary/aromatic N) is 2. The summed E-state index contributed by atoms with van der Waals surface area (Å²) in [6, 6.07) is 18.5. The number of aryl methyl sites for hydroxylation is 1. The Morgan fingerprint density at radius 3 is 2.45 bits per heavy atom. The van der Waals surface area contributed by atoms with Gasteiger partial charge < -0.3 is 4.42 Å². The molecular formula is C16H14N2OS. The van der Waals surface area contributed by atoms with E-state index in [0.717, 1.165) is 16.2 Å². The Balaban J connectivity index is 1.83. The van der Waals surface area contributed by atoms with Gasteiger partial charge in [0.05, 0.1) is 5.56 Å². The SMILES string of the molecule is Cc1nnc(-c2ccccc2SCc2ccccc2)o1. The molecule has 2 aromatic carbocycles. The van der Waals surface area contributed by atoms with Crippen LogP contribution in [0.1, 0.15) is 11.5 Å². The molecule has 0 amide bonds. The molecule has 100 valence electrons. The molecule has 3 nitrogen and oxygen atoms in total. The highest BCUT2D eigenvalue weighted by atomic mass is 32.2. The summed E-state index contributed by atoms with van der Waals surface area (Å²) in [6.07, 6.45) is 0. The van der Waals surface area contributed by atoms with Crippen molar-refractivity contribution in [3.8, 4) is 11.5 Å². The Morgan fingerprint density at radius 2 is 1.70 bits per heavy atom. The van der Waals surface area contributed by atoms with Crippen molar-refractivity contribution in [3.05, 3.63) is 66.1 Å². The molecule has 0 fully saturated rings. The van der Waals surface area contributed by atoms with Crippen molar-refractivity contribution in [2.24, 2.45) is 0 Å². The van der Waals surface area contributed by atoms with Crippen molar-refractivity contribution >= 4 is 11.8 Å². The summed E-state index contributed by atoms with van der Waals surface area (Å²) in [5.74, 6) is 2.09. The first kappa shape index (κ1) is 12.9. The van der Waals surface area contributed by atoms with Gasteiger partial charge in [0.2, 0.25) is 11.8 Å². The summed E-state index contributed by atoms with van der Waals surface area (Å²) in [7, 11) is 0. The van der Waals surface area contributed by atoms with Crippen LogP contribution >= 0.6 is 11.8 Å². The van der Waals surface area contributed by atoms with E-state index in [2.05, 4.69) is 40.5 Å². The van der Waals surface area contributed by atoms with E-state index in [1.165, 1.54) is 5.56 Å². The maximum absolute atomic E-state index is 5.53. The predicted octanol–water partition coefficient (Wildman–Crippen LogP) is 4.34. The minimum Gasteiger partial charge on any atom is -0.421 e. The van der Waals surface area contributed by atoms with Crippen LogP contribution in [0.25, 0.3) is 11.5 Å². The fraction of sp³-hybridized carbons (Fsp3) is 0.125. The summed E-state index contributed by atoms with van der Waals surface area (Å²) < 4.78 is 5.53. The molecule has 3 rings (SSSR count). The number of thioether (sulfide) groups is 1. The van der Waals surface area contributed by atoms with Crippen molar-refractivity contribution in [1.29, 1.82) is 0 Å². The molecule has 0 bridgehead atoms. The summed E-state index contributed by atoms with van der Waals surface area (Å²) in [4.78, 5) is 1.15. The molecule has 0 saturated carbocycles. The minimum absolute atomic E-state index is 0.582. The van der Waals surface area contributed by atoms with Crippen LogP contribution < -0.4 is 0 Å². The van der Waals surface area contributed by atoms with E-state index in [1.54, 1.807) is 18.7 Å². The highest BCUT2D eigenvalue weighted by Gasteiger charge is 2.11. The zero-order valence-corrected chi connectivity index (χ0v) is 11.9. The minimum atomic E-state index is 0.582. The van der Waals surface area contributed by atoms with E-state index >= 15 is 0 Å². The average molecular weight is 282 g/mol.